The predicted octanol–water partition coefficient (Wildman–Crippen LogP) is 4.88. The lowest BCUT2D eigenvalue weighted by Crippen LogP contribution is -1.96. The van der Waals surface area contributed by atoms with Crippen LogP contribution in [0.15, 0.2) is 59.7 Å². The largest absolute Gasteiger partial charge is 0.398 e. The molecule has 3 rings (SSSR count). The zero-order chi connectivity index (χ0) is 17.8. The summed E-state index contributed by atoms with van der Waals surface area (Å²) >= 11 is 0. The molecule has 126 valence electrons. The van der Waals surface area contributed by atoms with Gasteiger partial charge in [-0.3, -0.25) is 9.98 Å². The minimum absolute atomic E-state index is 0.216. The summed E-state index contributed by atoms with van der Waals surface area (Å²) in [7, 11) is 0. The van der Waals surface area contributed by atoms with E-state index < -0.39 is 0 Å². The highest BCUT2D eigenvalue weighted by atomic mass is 19.1. The van der Waals surface area contributed by atoms with Crippen molar-refractivity contribution in [2.24, 2.45) is 4.99 Å². The number of nitrogens with two attached hydrogens (primary N) is 1. The van der Waals surface area contributed by atoms with Crippen LogP contribution >= 0.6 is 0 Å². The van der Waals surface area contributed by atoms with E-state index in [1.807, 2.05) is 43.3 Å². The molecule has 2 aromatic carbocycles. The molecule has 0 saturated heterocycles. The highest BCUT2D eigenvalue weighted by Gasteiger charge is 2.11. The van der Waals surface area contributed by atoms with Crippen molar-refractivity contribution in [3.8, 4) is 22.4 Å². The number of hydrogen-bond acceptors (Lipinski definition) is 3. The third kappa shape index (κ3) is 3.58. The topological polar surface area (TPSA) is 51.3 Å². The summed E-state index contributed by atoms with van der Waals surface area (Å²) in [6.45, 7) is 4.44. The number of benzene rings is 2. The van der Waals surface area contributed by atoms with Gasteiger partial charge in [-0.1, -0.05) is 12.1 Å². The minimum atomic E-state index is -0.216. The van der Waals surface area contributed by atoms with Crippen LogP contribution in [0.2, 0.25) is 0 Å². The molecule has 3 nitrogen and oxygen atoms in total. The maximum absolute atomic E-state index is 13.6. The third-order valence-corrected chi connectivity index (χ3v) is 4.05. The highest BCUT2D eigenvalue weighted by molar-refractivity contribution is 5.91. The average molecular weight is 333 g/mol. The molecule has 0 unspecified atom stereocenters. The smallest absolute Gasteiger partial charge is 0.126 e. The number of pyridine rings is 1. The van der Waals surface area contributed by atoms with Crippen molar-refractivity contribution in [1.29, 1.82) is 0 Å². The first-order valence-corrected chi connectivity index (χ1v) is 8.21. The fourth-order valence-corrected chi connectivity index (χ4v) is 2.70. The molecule has 0 fully saturated rings. The Morgan fingerprint density at radius 1 is 1.12 bits per heavy atom. The van der Waals surface area contributed by atoms with Gasteiger partial charge in [-0.15, -0.1) is 0 Å². The van der Waals surface area contributed by atoms with Crippen LogP contribution in [0.5, 0.6) is 0 Å². The van der Waals surface area contributed by atoms with E-state index in [-0.39, 0.29) is 5.82 Å². The van der Waals surface area contributed by atoms with Gasteiger partial charge in [0.25, 0.3) is 0 Å². The van der Waals surface area contributed by atoms with Crippen molar-refractivity contribution in [1.82, 2.24) is 4.98 Å². The van der Waals surface area contributed by atoms with Gasteiger partial charge in [0.05, 0.1) is 5.69 Å². The quantitative estimate of drug-likeness (QED) is 0.546. The van der Waals surface area contributed by atoms with Crippen molar-refractivity contribution < 1.29 is 4.39 Å². The van der Waals surface area contributed by atoms with Crippen LogP contribution in [-0.4, -0.2) is 17.7 Å². The Morgan fingerprint density at radius 3 is 2.68 bits per heavy atom. The van der Waals surface area contributed by atoms with E-state index in [9.17, 15) is 4.39 Å². The second kappa shape index (κ2) is 7.26. The number of rotatable bonds is 4. The van der Waals surface area contributed by atoms with Gasteiger partial charge in [0.1, 0.15) is 5.82 Å². The summed E-state index contributed by atoms with van der Waals surface area (Å²) in [5.74, 6) is -0.216. The van der Waals surface area contributed by atoms with Crippen LogP contribution in [0, 0.1) is 12.7 Å². The van der Waals surface area contributed by atoms with Crippen molar-refractivity contribution in [2.75, 3.05) is 12.3 Å². The van der Waals surface area contributed by atoms with E-state index in [2.05, 4.69) is 9.98 Å². The van der Waals surface area contributed by atoms with E-state index in [4.69, 9.17) is 5.73 Å². The predicted molar refractivity (Wildman–Crippen MR) is 102 cm³/mol. The lowest BCUT2D eigenvalue weighted by Gasteiger charge is -2.11. The number of anilines is 1. The zero-order valence-electron chi connectivity index (χ0n) is 14.3. The third-order valence-electron chi connectivity index (χ3n) is 4.05. The Balaban J connectivity index is 2.13. The number of aryl methyl sites for hydroxylation is 1. The lowest BCUT2D eigenvalue weighted by molar-refractivity contribution is 0.619. The highest BCUT2D eigenvalue weighted by Crippen LogP contribution is 2.32. The average Bonchev–Trinajstić information content (AvgIpc) is 2.63. The first-order valence-electron chi connectivity index (χ1n) is 8.21. The number of nitrogen functional groups attached to an aromatic ring is 1. The number of halogens is 1. The molecular weight excluding hydrogens is 313 g/mol. The van der Waals surface area contributed by atoms with Crippen molar-refractivity contribution >= 4 is 11.9 Å². The zero-order valence-corrected chi connectivity index (χ0v) is 14.3. The fraction of sp³-hybridized carbons (Fsp3) is 0.143. The molecule has 2 N–H and O–H groups in total. The van der Waals surface area contributed by atoms with Gasteiger partial charge in [0.15, 0.2) is 0 Å². The maximum Gasteiger partial charge on any atom is 0.126 e. The molecule has 4 heteroatoms. The Bertz CT molecular complexity index is 932. The van der Waals surface area contributed by atoms with E-state index >= 15 is 0 Å². The Hall–Kier alpha value is -3.01. The number of aromatic nitrogens is 1. The van der Waals surface area contributed by atoms with Crippen LogP contribution in [0.1, 0.15) is 18.1 Å². The number of hydrogen-bond donors (Lipinski definition) is 1. The molecule has 0 amide bonds. The summed E-state index contributed by atoms with van der Waals surface area (Å²) in [6.07, 6.45) is 3.53. The Morgan fingerprint density at radius 2 is 1.92 bits per heavy atom. The van der Waals surface area contributed by atoms with E-state index in [0.29, 0.717) is 17.8 Å². The molecule has 25 heavy (non-hydrogen) atoms. The molecule has 0 spiro atoms. The van der Waals surface area contributed by atoms with Crippen molar-refractivity contribution in [3.63, 3.8) is 0 Å². The first kappa shape index (κ1) is 16.8. The molecule has 0 aliphatic heterocycles. The second-order valence-electron chi connectivity index (χ2n) is 5.84. The molecule has 0 aliphatic rings. The standard InChI is InChI=1S/C21H20FN3/c1-3-24-13-17-12-15(7-9-20(17)23)18-5-4-10-25-21(18)16-6-8-19(22)14(2)11-16/h4-13H,3,23H2,1-2H3. The minimum Gasteiger partial charge on any atom is -0.398 e. The first-order chi connectivity index (χ1) is 12.1. The van der Waals surface area contributed by atoms with E-state index in [1.165, 1.54) is 6.07 Å². The van der Waals surface area contributed by atoms with Crippen molar-refractivity contribution in [3.05, 3.63) is 71.7 Å². The molecule has 0 bridgehead atoms. The Labute approximate surface area is 147 Å². The van der Waals surface area contributed by atoms with E-state index in [0.717, 1.165) is 27.9 Å². The molecular formula is C21H20FN3. The van der Waals surface area contributed by atoms with Gasteiger partial charge in [0, 0.05) is 41.3 Å². The van der Waals surface area contributed by atoms with E-state index in [1.54, 1.807) is 25.4 Å². The van der Waals surface area contributed by atoms with Gasteiger partial charge in [-0.05, 0) is 61.4 Å². The monoisotopic (exact) mass is 333 g/mol. The van der Waals surface area contributed by atoms with Crippen LogP contribution in [0.3, 0.4) is 0 Å². The van der Waals surface area contributed by atoms with Gasteiger partial charge < -0.3 is 5.73 Å². The fourth-order valence-electron chi connectivity index (χ4n) is 2.70. The molecule has 0 radical (unpaired) electrons. The lowest BCUT2D eigenvalue weighted by atomic mass is 9.96. The van der Waals surface area contributed by atoms with Crippen LogP contribution in [0.4, 0.5) is 10.1 Å². The molecule has 0 saturated carbocycles. The van der Waals surface area contributed by atoms with Gasteiger partial charge in [-0.25, -0.2) is 4.39 Å². The summed E-state index contributed by atoms with van der Waals surface area (Å²) in [5.41, 5.74) is 11.9. The molecule has 0 aliphatic carbocycles. The molecule has 1 aromatic heterocycles. The number of nitrogens with zero attached hydrogens (tertiary/aromatic N) is 2. The summed E-state index contributed by atoms with van der Waals surface area (Å²) in [6, 6.07) is 14.8. The SMILES string of the molecule is CCN=Cc1cc(-c2cccnc2-c2ccc(F)c(C)c2)ccc1N. The molecule has 1 heterocycles. The second-order valence-corrected chi connectivity index (χ2v) is 5.84. The van der Waals surface area contributed by atoms with Crippen molar-refractivity contribution in [2.45, 2.75) is 13.8 Å². The summed E-state index contributed by atoms with van der Waals surface area (Å²) in [5, 5.41) is 0. The summed E-state index contributed by atoms with van der Waals surface area (Å²) < 4.78 is 13.6. The summed E-state index contributed by atoms with van der Waals surface area (Å²) in [4.78, 5) is 8.80. The molecule has 3 aromatic rings. The van der Waals surface area contributed by atoms with Gasteiger partial charge in [0.2, 0.25) is 0 Å². The van der Waals surface area contributed by atoms with Gasteiger partial charge >= 0.3 is 0 Å². The number of aliphatic imine (C=N–C) groups is 1. The normalized spacial score (nSPS) is 11.2. The van der Waals surface area contributed by atoms with Gasteiger partial charge in [-0.2, -0.15) is 0 Å². The van der Waals surface area contributed by atoms with Crippen LogP contribution in [-0.2, 0) is 0 Å². The molecule has 0 atom stereocenters. The van der Waals surface area contributed by atoms with Crippen LogP contribution in [0.25, 0.3) is 22.4 Å². The van der Waals surface area contributed by atoms with Crippen LogP contribution < -0.4 is 5.73 Å². The maximum atomic E-state index is 13.6. The Kier molecular flexibility index (Phi) is 4.89.